The first kappa shape index (κ1) is 26.2. The van der Waals surface area contributed by atoms with Crippen molar-refractivity contribution in [3.05, 3.63) is 12.2 Å². The van der Waals surface area contributed by atoms with Crippen molar-refractivity contribution in [3.63, 3.8) is 0 Å². The largest absolute Gasteiger partial charge is 0.343 e. The molecule has 0 spiro atoms. The maximum atomic E-state index is 12.0. The van der Waals surface area contributed by atoms with Gasteiger partial charge in [-0.15, -0.1) is 0 Å². The summed E-state index contributed by atoms with van der Waals surface area (Å²) in [6, 6.07) is 0. The Morgan fingerprint density at radius 3 is 1.52 bits per heavy atom. The Balaban J connectivity index is 1.70. The third-order valence-electron chi connectivity index (χ3n) is 6.36. The van der Waals surface area contributed by atoms with Crippen molar-refractivity contribution < 1.29 is 4.79 Å². The highest BCUT2D eigenvalue weighted by Crippen LogP contribution is 2.15. The van der Waals surface area contributed by atoms with Crippen LogP contribution in [0, 0.1) is 0 Å². The molecular formula is C27H51NO. The molecule has 170 valence electrons. The summed E-state index contributed by atoms with van der Waals surface area (Å²) in [5, 5.41) is 0. The summed E-state index contributed by atoms with van der Waals surface area (Å²) in [6.45, 7) is 4.30. The van der Waals surface area contributed by atoms with Gasteiger partial charge < -0.3 is 4.90 Å². The van der Waals surface area contributed by atoms with E-state index in [0.717, 1.165) is 25.9 Å². The SMILES string of the molecule is CCCCCCC=CCCCCCCCCCCCCCCC(=O)N1CCCC1. The number of likely N-dealkylation sites (tertiary alicyclic amines) is 1. The number of carbonyl (C=O) groups excluding carboxylic acids is 1. The molecule has 2 heteroatoms. The highest BCUT2D eigenvalue weighted by molar-refractivity contribution is 5.76. The van der Waals surface area contributed by atoms with E-state index in [1.807, 2.05) is 0 Å². The van der Waals surface area contributed by atoms with Gasteiger partial charge in [0.05, 0.1) is 0 Å². The maximum Gasteiger partial charge on any atom is 0.222 e. The van der Waals surface area contributed by atoms with Crippen molar-refractivity contribution in [2.75, 3.05) is 13.1 Å². The van der Waals surface area contributed by atoms with Crippen LogP contribution in [0.5, 0.6) is 0 Å². The molecule has 0 aromatic heterocycles. The van der Waals surface area contributed by atoms with E-state index in [9.17, 15) is 4.79 Å². The molecule has 0 unspecified atom stereocenters. The number of hydrogen-bond donors (Lipinski definition) is 0. The van der Waals surface area contributed by atoms with E-state index < -0.39 is 0 Å². The molecular weight excluding hydrogens is 354 g/mol. The maximum absolute atomic E-state index is 12.0. The van der Waals surface area contributed by atoms with Crippen LogP contribution < -0.4 is 0 Å². The van der Waals surface area contributed by atoms with Gasteiger partial charge in [0.2, 0.25) is 5.91 Å². The second-order valence-electron chi connectivity index (χ2n) is 9.19. The minimum absolute atomic E-state index is 0.404. The van der Waals surface area contributed by atoms with Gasteiger partial charge in [-0.3, -0.25) is 4.79 Å². The first-order valence-electron chi connectivity index (χ1n) is 13.3. The van der Waals surface area contributed by atoms with Crippen LogP contribution in [0.1, 0.15) is 142 Å². The predicted molar refractivity (Wildman–Crippen MR) is 128 cm³/mol. The number of amides is 1. The van der Waals surface area contributed by atoms with Gasteiger partial charge in [-0.2, -0.15) is 0 Å². The lowest BCUT2D eigenvalue weighted by molar-refractivity contribution is -0.130. The summed E-state index contributed by atoms with van der Waals surface area (Å²) in [7, 11) is 0. The summed E-state index contributed by atoms with van der Waals surface area (Å²) >= 11 is 0. The first-order valence-corrected chi connectivity index (χ1v) is 13.3. The number of nitrogens with zero attached hydrogens (tertiary/aromatic N) is 1. The van der Waals surface area contributed by atoms with E-state index >= 15 is 0 Å². The Kier molecular flexibility index (Phi) is 18.5. The molecule has 1 heterocycles. The van der Waals surface area contributed by atoms with Gasteiger partial charge in [-0.25, -0.2) is 0 Å². The highest BCUT2D eigenvalue weighted by Gasteiger charge is 2.16. The smallest absolute Gasteiger partial charge is 0.222 e. The van der Waals surface area contributed by atoms with E-state index in [1.165, 1.54) is 122 Å². The third kappa shape index (κ3) is 16.7. The molecule has 0 aromatic rings. The Morgan fingerprint density at radius 2 is 1.03 bits per heavy atom. The monoisotopic (exact) mass is 405 g/mol. The quantitative estimate of drug-likeness (QED) is 0.147. The Bertz CT molecular complexity index is 384. The molecule has 0 N–H and O–H groups in total. The summed E-state index contributed by atoms with van der Waals surface area (Å²) in [6.07, 6.45) is 32.4. The van der Waals surface area contributed by atoms with E-state index in [0.29, 0.717) is 5.91 Å². The molecule has 0 radical (unpaired) electrons. The van der Waals surface area contributed by atoms with Gasteiger partial charge in [-0.05, 0) is 44.9 Å². The fraction of sp³-hybridized carbons (Fsp3) is 0.889. The third-order valence-corrected chi connectivity index (χ3v) is 6.36. The number of rotatable bonds is 20. The number of carbonyl (C=O) groups is 1. The van der Waals surface area contributed by atoms with Crippen molar-refractivity contribution in [1.29, 1.82) is 0 Å². The van der Waals surface area contributed by atoms with Crippen molar-refractivity contribution in [1.82, 2.24) is 4.90 Å². The van der Waals surface area contributed by atoms with Gasteiger partial charge in [0.1, 0.15) is 0 Å². The summed E-state index contributed by atoms with van der Waals surface area (Å²) in [4.78, 5) is 14.0. The number of unbranched alkanes of at least 4 members (excludes halogenated alkanes) is 16. The van der Waals surface area contributed by atoms with Gasteiger partial charge >= 0.3 is 0 Å². The highest BCUT2D eigenvalue weighted by atomic mass is 16.2. The molecule has 0 atom stereocenters. The first-order chi connectivity index (χ1) is 14.3. The summed E-state index contributed by atoms with van der Waals surface area (Å²) in [5.74, 6) is 0.404. The van der Waals surface area contributed by atoms with Crippen LogP contribution in [0.2, 0.25) is 0 Å². The average molecular weight is 406 g/mol. The molecule has 29 heavy (non-hydrogen) atoms. The minimum atomic E-state index is 0.404. The predicted octanol–water partition coefficient (Wildman–Crippen LogP) is 8.60. The van der Waals surface area contributed by atoms with Crippen LogP contribution in [0.15, 0.2) is 12.2 Å². The fourth-order valence-corrected chi connectivity index (χ4v) is 4.36. The number of allylic oxidation sites excluding steroid dienone is 2. The number of hydrogen-bond acceptors (Lipinski definition) is 1. The van der Waals surface area contributed by atoms with Gasteiger partial charge in [0.25, 0.3) is 0 Å². The second-order valence-corrected chi connectivity index (χ2v) is 9.19. The van der Waals surface area contributed by atoms with E-state index in [-0.39, 0.29) is 0 Å². The molecule has 0 saturated carbocycles. The lowest BCUT2D eigenvalue weighted by Gasteiger charge is -2.14. The topological polar surface area (TPSA) is 20.3 Å². The standard InChI is InChI=1S/C27H51NO/c1-2-3-4-5-6-7-8-9-10-11-12-13-14-15-16-17-18-19-20-21-24-27(29)28-25-22-23-26-28/h7-8H,2-6,9-26H2,1H3. The molecule has 1 aliphatic heterocycles. The molecule has 1 saturated heterocycles. The van der Waals surface area contributed by atoms with Crippen molar-refractivity contribution in [3.8, 4) is 0 Å². The van der Waals surface area contributed by atoms with E-state index in [1.54, 1.807) is 0 Å². The molecule has 0 bridgehead atoms. The Morgan fingerprint density at radius 1 is 0.621 bits per heavy atom. The van der Waals surface area contributed by atoms with Crippen LogP contribution >= 0.6 is 0 Å². The lowest BCUT2D eigenvalue weighted by Crippen LogP contribution is -2.27. The molecule has 2 nitrogen and oxygen atoms in total. The van der Waals surface area contributed by atoms with Gasteiger partial charge in [0.15, 0.2) is 0 Å². The zero-order valence-electron chi connectivity index (χ0n) is 19.8. The second kappa shape index (κ2) is 20.5. The minimum Gasteiger partial charge on any atom is -0.343 e. The van der Waals surface area contributed by atoms with E-state index in [2.05, 4.69) is 24.0 Å². The molecule has 1 aliphatic rings. The van der Waals surface area contributed by atoms with Crippen molar-refractivity contribution in [2.24, 2.45) is 0 Å². The van der Waals surface area contributed by atoms with Crippen LogP contribution in [0.25, 0.3) is 0 Å². The normalized spacial score (nSPS) is 14.3. The molecule has 1 rings (SSSR count). The van der Waals surface area contributed by atoms with Crippen molar-refractivity contribution >= 4 is 5.91 Å². The molecule has 1 fully saturated rings. The van der Waals surface area contributed by atoms with E-state index in [4.69, 9.17) is 0 Å². The zero-order chi connectivity index (χ0) is 20.8. The van der Waals surface area contributed by atoms with Gasteiger partial charge in [0, 0.05) is 19.5 Å². The Labute approximate surface area is 182 Å². The average Bonchev–Trinajstić information content (AvgIpc) is 3.27. The molecule has 1 amide bonds. The van der Waals surface area contributed by atoms with Gasteiger partial charge in [-0.1, -0.05) is 103 Å². The van der Waals surface area contributed by atoms with Crippen LogP contribution in [0.3, 0.4) is 0 Å². The van der Waals surface area contributed by atoms with Crippen LogP contribution in [-0.4, -0.2) is 23.9 Å². The zero-order valence-corrected chi connectivity index (χ0v) is 19.8. The fourth-order valence-electron chi connectivity index (χ4n) is 4.36. The van der Waals surface area contributed by atoms with Crippen LogP contribution in [-0.2, 0) is 4.79 Å². The summed E-state index contributed by atoms with van der Waals surface area (Å²) in [5.41, 5.74) is 0. The summed E-state index contributed by atoms with van der Waals surface area (Å²) < 4.78 is 0. The Hall–Kier alpha value is -0.790. The van der Waals surface area contributed by atoms with Crippen LogP contribution in [0.4, 0.5) is 0 Å². The molecule has 0 aliphatic carbocycles. The lowest BCUT2D eigenvalue weighted by atomic mass is 10.0. The van der Waals surface area contributed by atoms with Crippen molar-refractivity contribution in [2.45, 2.75) is 142 Å². The molecule has 0 aromatic carbocycles.